The van der Waals surface area contributed by atoms with Gasteiger partial charge in [-0.1, -0.05) is 42.5 Å². The number of nitrogens with zero attached hydrogens (tertiary/aromatic N) is 2. The predicted octanol–water partition coefficient (Wildman–Crippen LogP) is 6.42. The number of anilines is 1. The van der Waals surface area contributed by atoms with Gasteiger partial charge >= 0.3 is 0 Å². The topological polar surface area (TPSA) is 70.7 Å². The van der Waals surface area contributed by atoms with E-state index in [-0.39, 0.29) is 5.91 Å². The zero-order valence-corrected chi connectivity index (χ0v) is 18.9. The molecule has 6 heteroatoms. The molecule has 0 aliphatic carbocycles. The lowest BCUT2D eigenvalue weighted by atomic mass is 10.0. The first kappa shape index (κ1) is 20.4. The molecule has 3 heterocycles. The molecule has 0 aliphatic rings. The standard InChI is InChI=1S/C26H24N4OS/c1-16-17(2)32-26(27-16)30-24(31)13-7-10-20-19-9-4-6-12-22(19)29-25(20)23-15-14-18-8-3-5-11-21(18)28-23/h3-6,8-9,11-12,14-15,29H,7,10,13H2,1-2H3,(H,27,30,31). The van der Waals surface area contributed by atoms with Crippen molar-refractivity contribution in [1.29, 1.82) is 0 Å². The molecule has 0 fully saturated rings. The van der Waals surface area contributed by atoms with Gasteiger partial charge in [0.2, 0.25) is 5.91 Å². The fourth-order valence-corrected chi connectivity index (χ4v) is 4.85. The summed E-state index contributed by atoms with van der Waals surface area (Å²) in [7, 11) is 0. The number of aromatic nitrogens is 3. The maximum absolute atomic E-state index is 12.5. The number of thiazole rings is 1. The van der Waals surface area contributed by atoms with Crippen LogP contribution in [0.25, 0.3) is 33.2 Å². The van der Waals surface area contributed by atoms with E-state index in [9.17, 15) is 4.79 Å². The second-order valence-electron chi connectivity index (χ2n) is 7.98. The third kappa shape index (κ3) is 4.01. The maximum Gasteiger partial charge on any atom is 0.226 e. The molecule has 5 aromatic rings. The van der Waals surface area contributed by atoms with Crippen molar-refractivity contribution < 1.29 is 4.79 Å². The van der Waals surface area contributed by atoms with Gasteiger partial charge in [-0.2, -0.15) is 0 Å². The molecule has 3 aromatic heterocycles. The van der Waals surface area contributed by atoms with Crippen LogP contribution >= 0.6 is 11.3 Å². The Kier molecular flexibility index (Phi) is 5.45. The van der Waals surface area contributed by atoms with Gasteiger partial charge in [0.05, 0.1) is 22.6 Å². The SMILES string of the molecule is Cc1nc(NC(=O)CCCc2c(-c3ccc4ccccc4n3)[nH]c3ccccc23)sc1C. The summed E-state index contributed by atoms with van der Waals surface area (Å²) in [5.41, 5.74) is 6.19. The van der Waals surface area contributed by atoms with Crippen molar-refractivity contribution in [3.8, 4) is 11.4 Å². The molecule has 0 unspecified atom stereocenters. The number of rotatable bonds is 6. The number of nitrogens with one attached hydrogen (secondary N) is 2. The molecule has 2 N–H and O–H groups in total. The number of hydrogen-bond acceptors (Lipinski definition) is 4. The van der Waals surface area contributed by atoms with Crippen LogP contribution < -0.4 is 5.32 Å². The smallest absolute Gasteiger partial charge is 0.226 e. The summed E-state index contributed by atoms with van der Waals surface area (Å²) in [5, 5.41) is 5.92. The molecule has 0 saturated heterocycles. The predicted molar refractivity (Wildman–Crippen MR) is 132 cm³/mol. The Labute approximate surface area is 190 Å². The second-order valence-corrected chi connectivity index (χ2v) is 9.18. The first-order valence-electron chi connectivity index (χ1n) is 10.8. The summed E-state index contributed by atoms with van der Waals surface area (Å²) in [4.78, 5) is 26.4. The van der Waals surface area contributed by atoms with Crippen molar-refractivity contribution in [3.63, 3.8) is 0 Å². The number of carbonyl (C=O) groups excluding carboxylic acids is 1. The number of fused-ring (bicyclic) bond motifs is 2. The Balaban J connectivity index is 1.38. The molecule has 5 rings (SSSR count). The Morgan fingerprint density at radius 1 is 1.00 bits per heavy atom. The van der Waals surface area contributed by atoms with Gasteiger partial charge in [0.1, 0.15) is 0 Å². The highest BCUT2D eigenvalue weighted by molar-refractivity contribution is 7.15. The monoisotopic (exact) mass is 440 g/mol. The summed E-state index contributed by atoms with van der Waals surface area (Å²) >= 11 is 1.52. The van der Waals surface area contributed by atoms with Gasteiger partial charge in [-0.25, -0.2) is 9.97 Å². The average molecular weight is 441 g/mol. The number of hydrogen-bond donors (Lipinski definition) is 2. The van der Waals surface area contributed by atoms with Crippen molar-refractivity contribution >= 4 is 44.2 Å². The van der Waals surface area contributed by atoms with Gasteiger partial charge in [-0.15, -0.1) is 11.3 Å². The molecule has 5 nitrogen and oxygen atoms in total. The summed E-state index contributed by atoms with van der Waals surface area (Å²) in [6, 6.07) is 20.6. The highest BCUT2D eigenvalue weighted by Gasteiger charge is 2.15. The van der Waals surface area contributed by atoms with E-state index >= 15 is 0 Å². The second kappa shape index (κ2) is 8.55. The Hall–Kier alpha value is -3.51. The summed E-state index contributed by atoms with van der Waals surface area (Å²) < 4.78 is 0. The Bertz CT molecular complexity index is 1410. The van der Waals surface area contributed by atoms with Crippen molar-refractivity contribution in [2.75, 3.05) is 5.32 Å². The van der Waals surface area contributed by atoms with Crippen LogP contribution in [0, 0.1) is 13.8 Å². The lowest BCUT2D eigenvalue weighted by Crippen LogP contribution is -2.11. The zero-order valence-electron chi connectivity index (χ0n) is 18.1. The molecule has 1 amide bonds. The quantitative estimate of drug-likeness (QED) is 0.320. The largest absolute Gasteiger partial charge is 0.353 e. The average Bonchev–Trinajstić information content (AvgIpc) is 3.32. The van der Waals surface area contributed by atoms with Crippen LogP contribution in [-0.2, 0) is 11.2 Å². The van der Waals surface area contributed by atoms with E-state index in [0.717, 1.165) is 51.2 Å². The first-order valence-corrected chi connectivity index (χ1v) is 11.6. The number of pyridine rings is 1. The minimum absolute atomic E-state index is 0.00368. The molecule has 32 heavy (non-hydrogen) atoms. The molecule has 0 bridgehead atoms. The van der Waals surface area contributed by atoms with Crippen molar-refractivity contribution in [2.24, 2.45) is 0 Å². The van der Waals surface area contributed by atoms with Gasteiger partial charge in [0.25, 0.3) is 0 Å². The van der Waals surface area contributed by atoms with E-state index in [1.807, 2.05) is 38.1 Å². The number of aromatic amines is 1. The highest BCUT2D eigenvalue weighted by Crippen LogP contribution is 2.31. The lowest BCUT2D eigenvalue weighted by molar-refractivity contribution is -0.116. The van der Waals surface area contributed by atoms with Gasteiger partial charge in [0, 0.05) is 27.6 Å². The number of amides is 1. The number of para-hydroxylation sites is 2. The van der Waals surface area contributed by atoms with Crippen molar-refractivity contribution in [2.45, 2.75) is 33.1 Å². The minimum atomic E-state index is 0.00368. The van der Waals surface area contributed by atoms with Gasteiger partial charge in [-0.3, -0.25) is 4.79 Å². The minimum Gasteiger partial charge on any atom is -0.353 e. The number of carbonyl (C=O) groups is 1. The molecule has 0 saturated carbocycles. The molecular weight excluding hydrogens is 416 g/mol. The van der Waals surface area contributed by atoms with E-state index in [2.05, 4.69) is 51.7 Å². The van der Waals surface area contributed by atoms with E-state index in [1.165, 1.54) is 22.3 Å². The lowest BCUT2D eigenvalue weighted by Gasteiger charge is -2.07. The van der Waals surface area contributed by atoms with Crippen LogP contribution in [0.1, 0.15) is 29.0 Å². The van der Waals surface area contributed by atoms with Gasteiger partial charge in [-0.05, 0) is 50.5 Å². The molecule has 160 valence electrons. The third-order valence-corrected chi connectivity index (χ3v) is 6.76. The number of aryl methyl sites for hydroxylation is 3. The van der Waals surface area contributed by atoms with Crippen LogP contribution in [0.2, 0.25) is 0 Å². The van der Waals surface area contributed by atoms with E-state index in [1.54, 1.807) is 0 Å². The fraction of sp³-hybridized carbons (Fsp3) is 0.192. The first-order chi connectivity index (χ1) is 15.6. The number of benzene rings is 2. The van der Waals surface area contributed by atoms with Gasteiger partial charge < -0.3 is 10.3 Å². The molecule has 0 atom stereocenters. The van der Waals surface area contributed by atoms with Crippen LogP contribution in [0.5, 0.6) is 0 Å². The van der Waals surface area contributed by atoms with E-state index in [0.29, 0.717) is 11.6 Å². The zero-order chi connectivity index (χ0) is 22.1. The van der Waals surface area contributed by atoms with E-state index < -0.39 is 0 Å². The number of H-pyrrole nitrogens is 1. The Morgan fingerprint density at radius 3 is 2.66 bits per heavy atom. The summed E-state index contributed by atoms with van der Waals surface area (Å²) in [6.07, 6.45) is 1.98. The van der Waals surface area contributed by atoms with Crippen LogP contribution in [0.15, 0.2) is 60.7 Å². The van der Waals surface area contributed by atoms with Gasteiger partial charge in [0.15, 0.2) is 5.13 Å². The molecule has 0 radical (unpaired) electrons. The van der Waals surface area contributed by atoms with Crippen LogP contribution in [-0.4, -0.2) is 20.9 Å². The Morgan fingerprint density at radius 2 is 1.81 bits per heavy atom. The van der Waals surface area contributed by atoms with Crippen LogP contribution in [0.4, 0.5) is 5.13 Å². The molecule has 0 aliphatic heterocycles. The molecule has 2 aromatic carbocycles. The molecular formula is C26H24N4OS. The van der Waals surface area contributed by atoms with Crippen molar-refractivity contribution in [1.82, 2.24) is 15.0 Å². The highest BCUT2D eigenvalue weighted by atomic mass is 32.1. The van der Waals surface area contributed by atoms with Crippen LogP contribution in [0.3, 0.4) is 0 Å². The fourth-order valence-electron chi connectivity index (χ4n) is 4.02. The van der Waals surface area contributed by atoms with E-state index in [4.69, 9.17) is 4.98 Å². The molecule has 0 spiro atoms. The third-order valence-electron chi connectivity index (χ3n) is 5.77. The summed E-state index contributed by atoms with van der Waals surface area (Å²) in [6.45, 7) is 3.98. The maximum atomic E-state index is 12.5. The summed E-state index contributed by atoms with van der Waals surface area (Å²) in [5.74, 6) is 0.00368. The van der Waals surface area contributed by atoms with Crippen molar-refractivity contribution in [3.05, 3.63) is 76.8 Å². The normalized spacial score (nSPS) is 11.3.